The van der Waals surface area contributed by atoms with Crippen molar-refractivity contribution in [2.24, 2.45) is 0 Å². The molecule has 2 rings (SSSR count). The number of nitrogens with zero attached hydrogens (tertiary/aromatic N) is 1. The van der Waals surface area contributed by atoms with Gasteiger partial charge in [0.25, 0.3) is 0 Å². The van der Waals surface area contributed by atoms with Crippen LogP contribution in [0.4, 0.5) is 4.39 Å². The van der Waals surface area contributed by atoms with Crippen LogP contribution in [0.15, 0.2) is 53.4 Å². The molecule has 0 aliphatic carbocycles. The molecule has 6 heteroatoms. The first-order valence-corrected chi connectivity index (χ1v) is 6.62. The van der Waals surface area contributed by atoms with Crippen LogP contribution >= 0.6 is 0 Å². The Balaban J connectivity index is 2.28. The van der Waals surface area contributed by atoms with E-state index in [1.54, 1.807) is 0 Å². The minimum Gasteiger partial charge on any atom is -0.379 e. The molecule has 0 radical (unpaired) electrons. The summed E-state index contributed by atoms with van der Waals surface area (Å²) < 4.78 is 41.5. The molecule has 0 atom stereocenters. The van der Waals surface area contributed by atoms with Gasteiger partial charge in [0.15, 0.2) is 0 Å². The summed E-state index contributed by atoms with van der Waals surface area (Å²) >= 11 is 0. The highest BCUT2D eigenvalue weighted by atomic mass is 32.2. The van der Waals surface area contributed by atoms with E-state index in [9.17, 15) is 12.8 Å². The topological polar surface area (TPSA) is 67.2 Å². The van der Waals surface area contributed by atoms with Gasteiger partial charge in [-0.2, -0.15) is 13.7 Å². The first-order chi connectivity index (χ1) is 9.01. The van der Waals surface area contributed by atoms with Gasteiger partial charge in [0.05, 0.1) is 11.6 Å². The molecule has 19 heavy (non-hydrogen) atoms. The second-order valence-corrected chi connectivity index (χ2v) is 5.18. The van der Waals surface area contributed by atoms with E-state index in [1.165, 1.54) is 36.4 Å². The Morgan fingerprint density at radius 3 is 2.37 bits per heavy atom. The second-order valence-electron chi connectivity index (χ2n) is 3.63. The number of nitriles is 1. The molecule has 4 nitrogen and oxygen atoms in total. The van der Waals surface area contributed by atoms with Crippen molar-refractivity contribution in [2.45, 2.75) is 4.90 Å². The molecular formula is C13H8FNO3S. The molecule has 96 valence electrons. The van der Waals surface area contributed by atoms with E-state index in [1.807, 2.05) is 6.07 Å². The third-order valence-electron chi connectivity index (χ3n) is 2.27. The maximum atomic E-state index is 13.0. The molecular weight excluding hydrogens is 269 g/mol. The molecule has 0 N–H and O–H groups in total. The van der Waals surface area contributed by atoms with Crippen LogP contribution in [0, 0.1) is 17.1 Å². The fraction of sp³-hybridized carbons (Fsp3) is 0. The molecule has 0 aromatic heterocycles. The van der Waals surface area contributed by atoms with Gasteiger partial charge in [0, 0.05) is 0 Å². The van der Waals surface area contributed by atoms with Crippen molar-refractivity contribution >= 4 is 10.1 Å². The molecule has 0 amide bonds. The van der Waals surface area contributed by atoms with Crippen molar-refractivity contribution in [2.75, 3.05) is 0 Å². The van der Waals surface area contributed by atoms with Crippen LogP contribution in [0.1, 0.15) is 5.56 Å². The first kappa shape index (κ1) is 13.1. The Morgan fingerprint density at radius 1 is 1.11 bits per heavy atom. The lowest BCUT2D eigenvalue weighted by Gasteiger charge is -2.06. The van der Waals surface area contributed by atoms with Crippen molar-refractivity contribution in [3.63, 3.8) is 0 Å². The molecule has 0 spiro atoms. The average molecular weight is 277 g/mol. The quantitative estimate of drug-likeness (QED) is 0.808. The lowest BCUT2D eigenvalue weighted by Crippen LogP contribution is -2.09. The number of rotatable bonds is 3. The lowest BCUT2D eigenvalue weighted by molar-refractivity contribution is 0.485. The first-order valence-electron chi connectivity index (χ1n) is 5.21. The molecule has 0 saturated carbocycles. The number of hydrogen-bond donors (Lipinski definition) is 0. The van der Waals surface area contributed by atoms with Crippen LogP contribution in [0.5, 0.6) is 5.75 Å². The van der Waals surface area contributed by atoms with E-state index in [0.29, 0.717) is 5.56 Å². The van der Waals surface area contributed by atoms with Crippen LogP contribution < -0.4 is 4.18 Å². The predicted molar refractivity (Wildman–Crippen MR) is 65.4 cm³/mol. The SMILES string of the molecule is N#Cc1ccc(OS(=O)(=O)c2cccc(F)c2)cc1. The second kappa shape index (κ2) is 5.08. The summed E-state index contributed by atoms with van der Waals surface area (Å²) in [6.45, 7) is 0. The standard InChI is InChI=1S/C13H8FNO3S/c14-11-2-1-3-13(8-11)19(16,17)18-12-6-4-10(9-15)5-7-12/h1-8H. The van der Waals surface area contributed by atoms with Gasteiger partial charge in [-0.05, 0) is 42.5 Å². The largest absolute Gasteiger partial charge is 0.379 e. The normalized spacial score (nSPS) is 10.7. The molecule has 0 aliphatic heterocycles. The van der Waals surface area contributed by atoms with Gasteiger partial charge in [0.1, 0.15) is 16.5 Å². The molecule has 0 saturated heterocycles. The van der Waals surface area contributed by atoms with Gasteiger partial charge in [0.2, 0.25) is 0 Å². The average Bonchev–Trinajstić information content (AvgIpc) is 2.39. The lowest BCUT2D eigenvalue weighted by atomic mass is 10.2. The van der Waals surface area contributed by atoms with Crippen LogP contribution in [0.3, 0.4) is 0 Å². The fourth-order valence-electron chi connectivity index (χ4n) is 1.38. The monoisotopic (exact) mass is 277 g/mol. The Hall–Kier alpha value is -2.39. The van der Waals surface area contributed by atoms with Crippen LogP contribution in [0.25, 0.3) is 0 Å². The smallest absolute Gasteiger partial charge is 0.339 e. The number of benzene rings is 2. The zero-order valence-corrected chi connectivity index (χ0v) is 10.4. The van der Waals surface area contributed by atoms with Gasteiger partial charge < -0.3 is 4.18 Å². The number of hydrogen-bond acceptors (Lipinski definition) is 4. The van der Waals surface area contributed by atoms with Gasteiger partial charge >= 0.3 is 10.1 Å². The van der Waals surface area contributed by atoms with E-state index in [4.69, 9.17) is 9.44 Å². The summed E-state index contributed by atoms with van der Waals surface area (Å²) in [4.78, 5) is -0.267. The maximum Gasteiger partial charge on any atom is 0.339 e. The van der Waals surface area contributed by atoms with Crippen molar-refractivity contribution in [3.05, 3.63) is 59.9 Å². The zero-order chi connectivity index (χ0) is 13.9. The minimum atomic E-state index is -4.08. The Morgan fingerprint density at radius 2 is 1.79 bits per heavy atom. The Bertz CT molecular complexity index is 733. The molecule has 0 unspecified atom stereocenters. The van der Waals surface area contributed by atoms with Crippen LogP contribution in [-0.4, -0.2) is 8.42 Å². The molecule has 2 aromatic rings. The third-order valence-corrected chi connectivity index (χ3v) is 3.52. The van der Waals surface area contributed by atoms with Crippen molar-refractivity contribution in [1.29, 1.82) is 5.26 Å². The Labute approximate surface area is 109 Å². The molecule has 0 fully saturated rings. The van der Waals surface area contributed by atoms with E-state index in [2.05, 4.69) is 0 Å². The highest BCUT2D eigenvalue weighted by Gasteiger charge is 2.17. The summed E-state index contributed by atoms with van der Waals surface area (Å²) in [5.74, 6) is -0.604. The summed E-state index contributed by atoms with van der Waals surface area (Å²) in [5.41, 5.74) is 0.385. The van der Waals surface area contributed by atoms with Crippen molar-refractivity contribution in [1.82, 2.24) is 0 Å². The zero-order valence-electron chi connectivity index (χ0n) is 9.58. The summed E-state index contributed by atoms with van der Waals surface area (Å²) in [6, 6.07) is 12.0. The summed E-state index contributed by atoms with van der Waals surface area (Å²) in [6.07, 6.45) is 0. The summed E-state index contributed by atoms with van der Waals surface area (Å²) in [7, 11) is -4.08. The van der Waals surface area contributed by atoms with Crippen molar-refractivity contribution < 1.29 is 17.0 Å². The minimum absolute atomic E-state index is 0.0586. The fourth-order valence-corrected chi connectivity index (χ4v) is 2.35. The van der Waals surface area contributed by atoms with Crippen LogP contribution in [-0.2, 0) is 10.1 Å². The van der Waals surface area contributed by atoms with E-state index >= 15 is 0 Å². The third kappa shape index (κ3) is 3.09. The van der Waals surface area contributed by atoms with Crippen molar-refractivity contribution in [3.8, 4) is 11.8 Å². The predicted octanol–water partition coefficient (Wildman–Crippen LogP) is 2.47. The highest BCUT2D eigenvalue weighted by molar-refractivity contribution is 7.87. The summed E-state index contributed by atoms with van der Waals surface area (Å²) in [5, 5.41) is 8.62. The maximum absolute atomic E-state index is 13.0. The highest BCUT2D eigenvalue weighted by Crippen LogP contribution is 2.19. The molecule has 2 aromatic carbocycles. The van der Waals surface area contributed by atoms with E-state index in [-0.39, 0.29) is 10.6 Å². The van der Waals surface area contributed by atoms with Gasteiger partial charge in [-0.25, -0.2) is 4.39 Å². The molecule has 0 bridgehead atoms. The van der Waals surface area contributed by atoms with E-state index < -0.39 is 15.9 Å². The van der Waals surface area contributed by atoms with Gasteiger partial charge in [-0.1, -0.05) is 6.07 Å². The number of halogens is 1. The molecule has 0 heterocycles. The Kier molecular flexibility index (Phi) is 3.49. The van der Waals surface area contributed by atoms with Gasteiger partial charge in [-0.3, -0.25) is 0 Å². The molecule has 0 aliphatic rings. The van der Waals surface area contributed by atoms with Gasteiger partial charge in [-0.15, -0.1) is 0 Å². The van der Waals surface area contributed by atoms with E-state index in [0.717, 1.165) is 12.1 Å². The van der Waals surface area contributed by atoms with Crippen LogP contribution in [0.2, 0.25) is 0 Å².